The normalized spacial score (nSPS) is 14.0. The van der Waals surface area contributed by atoms with Gasteiger partial charge in [0.1, 0.15) is 5.82 Å². The summed E-state index contributed by atoms with van der Waals surface area (Å²) in [7, 11) is 0. The van der Waals surface area contributed by atoms with Crippen molar-refractivity contribution in [2.75, 3.05) is 18.4 Å². The molecule has 0 saturated carbocycles. The average Bonchev–Trinajstić information content (AvgIpc) is 3.31. The molecule has 1 saturated heterocycles. The Morgan fingerprint density at radius 2 is 1.77 bits per heavy atom. The molecule has 26 heavy (non-hydrogen) atoms. The molecule has 1 aliphatic rings. The molecule has 2 amide bonds. The lowest BCUT2D eigenvalue weighted by Crippen LogP contribution is -2.28. The number of amides is 2. The predicted octanol–water partition coefficient (Wildman–Crippen LogP) is 2.96. The lowest BCUT2D eigenvalue weighted by atomic mass is 10.3. The van der Waals surface area contributed by atoms with Crippen LogP contribution in [0.25, 0.3) is 5.52 Å². The lowest BCUT2D eigenvalue weighted by molar-refractivity contribution is 0.0789. The number of anilines is 1. The van der Waals surface area contributed by atoms with E-state index in [4.69, 9.17) is 0 Å². The fraction of sp³-hybridized carbons (Fsp3) is 0.211. The van der Waals surface area contributed by atoms with Crippen molar-refractivity contribution < 1.29 is 14.0 Å². The number of likely N-dealkylation sites (tertiary alicyclic amines) is 1. The number of fused-ring (bicyclic) bond motifs is 1. The molecular weight excluding hydrogens is 335 g/mol. The molecule has 6 nitrogen and oxygen atoms in total. The number of nitrogens with one attached hydrogen (secondary N) is 1. The summed E-state index contributed by atoms with van der Waals surface area (Å²) in [6.07, 6.45) is 3.66. The lowest BCUT2D eigenvalue weighted by Gasteiger charge is -2.13. The number of carbonyl (C=O) groups is 2. The monoisotopic (exact) mass is 352 g/mol. The Kier molecular flexibility index (Phi) is 4.12. The summed E-state index contributed by atoms with van der Waals surface area (Å²) in [5.41, 5.74) is 1.32. The van der Waals surface area contributed by atoms with E-state index >= 15 is 0 Å². The quantitative estimate of drug-likeness (QED) is 0.788. The van der Waals surface area contributed by atoms with Gasteiger partial charge in [0.15, 0.2) is 5.69 Å². The third-order valence-electron chi connectivity index (χ3n) is 4.45. The fourth-order valence-electron chi connectivity index (χ4n) is 3.15. The van der Waals surface area contributed by atoms with E-state index in [2.05, 4.69) is 10.3 Å². The molecule has 0 spiro atoms. The topological polar surface area (TPSA) is 66.7 Å². The molecule has 3 aromatic rings. The van der Waals surface area contributed by atoms with Crippen molar-refractivity contribution in [1.82, 2.24) is 14.3 Å². The number of carbonyl (C=O) groups excluding carboxylic acids is 2. The van der Waals surface area contributed by atoms with Crippen LogP contribution >= 0.6 is 0 Å². The summed E-state index contributed by atoms with van der Waals surface area (Å²) in [5.74, 6) is -0.884. The number of rotatable bonds is 3. The number of nitrogens with zero attached hydrogens (tertiary/aromatic N) is 3. The van der Waals surface area contributed by atoms with Crippen LogP contribution in [0.2, 0.25) is 0 Å². The second-order valence-corrected chi connectivity index (χ2v) is 6.20. The first kappa shape index (κ1) is 16.3. The average molecular weight is 352 g/mol. The van der Waals surface area contributed by atoms with Gasteiger partial charge < -0.3 is 10.2 Å². The van der Waals surface area contributed by atoms with Gasteiger partial charge in [-0.05, 0) is 49.2 Å². The number of benzene rings is 1. The molecule has 1 aromatic carbocycles. The minimum atomic E-state index is -0.460. The number of hydrogen-bond donors (Lipinski definition) is 1. The Bertz CT molecular complexity index is 975. The van der Waals surface area contributed by atoms with Crippen LogP contribution in [-0.4, -0.2) is 39.2 Å². The SMILES string of the molecule is O=C(Nc1ccc(F)cc1)c1nc(C(=O)N2CCCC2)c2ccccn12. The van der Waals surface area contributed by atoms with Crippen LogP contribution in [-0.2, 0) is 0 Å². The predicted molar refractivity (Wildman–Crippen MR) is 94.7 cm³/mol. The number of aromatic nitrogens is 2. The van der Waals surface area contributed by atoms with Crippen LogP contribution in [0.15, 0.2) is 48.7 Å². The number of hydrogen-bond acceptors (Lipinski definition) is 3. The minimum absolute atomic E-state index is 0.118. The first-order valence-corrected chi connectivity index (χ1v) is 8.47. The van der Waals surface area contributed by atoms with Crippen molar-refractivity contribution in [3.05, 3.63) is 66.0 Å². The van der Waals surface area contributed by atoms with Gasteiger partial charge in [0, 0.05) is 25.0 Å². The van der Waals surface area contributed by atoms with Crippen molar-refractivity contribution in [3.8, 4) is 0 Å². The number of halogens is 1. The van der Waals surface area contributed by atoms with Gasteiger partial charge in [-0.25, -0.2) is 9.37 Å². The molecule has 4 rings (SSSR count). The zero-order valence-corrected chi connectivity index (χ0v) is 14.0. The third-order valence-corrected chi connectivity index (χ3v) is 4.45. The second-order valence-electron chi connectivity index (χ2n) is 6.20. The number of imidazole rings is 1. The summed E-state index contributed by atoms with van der Waals surface area (Å²) in [6.45, 7) is 1.42. The molecule has 0 radical (unpaired) electrons. The maximum Gasteiger partial charge on any atom is 0.292 e. The van der Waals surface area contributed by atoms with Gasteiger partial charge in [-0.1, -0.05) is 6.07 Å². The van der Waals surface area contributed by atoms with E-state index in [1.54, 1.807) is 33.7 Å². The molecule has 1 aliphatic heterocycles. The van der Waals surface area contributed by atoms with Crippen LogP contribution in [0, 0.1) is 5.82 Å². The smallest absolute Gasteiger partial charge is 0.292 e. The van der Waals surface area contributed by atoms with Crippen molar-refractivity contribution in [2.45, 2.75) is 12.8 Å². The highest BCUT2D eigenvalue weighted by molar-refractivity contribution is 6.06. The molecule has 1 N–H and O–H groups in total. The molecule has 0 bridgehead atoms. The zero-order chi connectivity index (χ0) is 18.1. The summed E-state index contributed by atoms with van der Waals surface area (Å²) in [4.78, 5) is 31.5. The minimum Gasteiger partial charge on any atom is -0.337 e. The van der Waals surface area contributed by atoms with Crippen molar-refractivity contribution >= 4 is 23.0 Å². The summed E-state index contributed by atoms with van der Waals surface area (Å²) < 4.78 is 14.6. The molecular formula is C19H17FN4O2. The Labute approximate surface area is 149 Å². The maximum absolute atomic E-state index is 13.0. The van der Waals surface area contributed by atoms with Crippen molar-refractivity contribution in [3.63, 3.8) is 0 Å². The summed E-state index contributed by atoms with van der Waals surface area (Å²) >= 11 is 0. The van der Waals surface area contributed by atoms with E-state index in [-0.39, 0.29) is 23.2 Å². The molecule has 2 aromatic heterocycles. The van der Waals surface area contributed by atoms with Crippen molar-refractivity contribution in [2.24, 2.45) is 0 Å². The Morgan fingerprint density at radius 3 is 2.50 bits per heavy atom. The maximum atomic E-state index is 13.0. The van der Waals surface area contributed by atoms with E-state index in [1.807, 2.05) is 0 Å². The van der Waals surface area contributed by atoms with E-state index in [9.17, 15) is 14.0 Å². The molecule has 0 atom stereocenters. The zero-order valence-electron chi connectivity index (χ0n) is 14.0. The van der Waals surface area contributed by atoms with Crippen LogP contribution in [0.3, 0.4) is 0 Å². The molecule has 0 aliphatic carbocycles. The van der Waals surface area contributed by atoms with Crippen LogP contribution in [0.5, 0.6) is 0 Å². The van der Waals surface area contributed by atoms with Gasteiger partial charge in [0.25, 0.3) is 11.8 Å². The third kappa shape index (κ3) is 2.92. The van der Waals surface area contributed by atoms with E-state index in [1.165, 1.54) is 24.3 Å². The number of pyridine rings is 1. The van der Waals surface area contributed by atoms with E-state index in [0.717, 1.165) is 12.8 Å². The highest BCUT2D eigenvalue weighted by Crippen LogP contribution is 2.19. The first-order valence-electron chi connectivity index (χ1n) is 8.47. The Hall–Kier alpha value is -3.22. The summed E-state index contributed by atoms with van der Waals surface area (Å²) in [6, 6.07) is 10.8. The van der Waals surface area contributed by atoms with Gasteiger partial charge in [-0.15, -0.1) is 0 Å². The van der Waals surface area contributed by atoms with Crippen molar-refractivity contribution in [1.29, 1.82) is 0 Å². The first-order chi connectivity index (χ1) is 12.6. The van der Waals surface area contributed by atoms with Crippen LogP contribution in [0.1, 0.15) is 33.9 Å². The second kappa shape index (κ2) is 6.59. The molecule has 1 fully saturated rings. The molecule has 0 unspecified atom stereocenters. The van der Waals surface area contributed by atoms with Gasteiger partial charge in [0.05, 0.1) is 5.52 Å². The van der Waals surface area contributed by atoms with Gasteiger partial charge in [0.2, 0.25) is 5.82 Å². The van der Waals surface area contributed by atoms with E-state index in [0.29, 0.717) is 24.3 Å². The van der Waals surface area contributed by atoms with Crippen LogP contribution in [0.4, 0.5) is 10.1 Å². The molecule has 3 heterocycles. The highest BCUT2D eigenvalue weighted by atomic mass is 19.1. The molecule has 132 valence electrons. The van der Waals surface area contributed by atoms with E-state index < -0.39 is 5.91 Å². The Balaban J connectivity index is 1.69. The highest BCUT2D eigenvalue weighted by Gasteiger charge is 2.26. The van der Waals surface area contributed by atoms with Gasteiger partial charge in [-0.3, -0.25) is 14.0 Å². The summed E-state index contributed by atoms with van der Waals surface area (Å²) in [5, 5.41) is 2.69. The standard InChI is InChI=1S/C19H17FN4O2/c20-13-6-8-14(9-7-13)21-18(25)17-22-16(15-5-1-2-12-24(15)17)19(26)23-10-3-4-11-23/h1-2,5-9,12H,3-4,10-11H2,(H,21,25). The van der Waals surface area contributed by atoms with Crippen LogP contribution < -0.4 is 5.32 Å². The van der Waals surface area contributed by atoms with Gasteiger partial charge >= 0.3 is 0 Å². The fourth-order valence-corrected chi connectivity index (χ4v) is 3.15. The molecule has 7 heteroatoms. The Morgan fingerprint density at radius 1 is 1.04 bits per heavy atom. The van der Waals surface area contributed by atoms with Gasteiger partial charge in [-0.2, -0.15) is 0 Å². The largest absolute Gasteiger partial charge is 0.337 e.